The second-order valence-corrected chi connectivity index (χ2v) is 8.84. The number of nitrogens with one attached hydrogen (secondary N) is 2. The van der Waals surface area contributed by atoms with Gasteiger partial charge in [0.05, 0.1) is 25.8 Å². The molecule has 0 saturated carbocycles. The molecule has 2 aliphatic heterocycles. The van der Waals surface area contributed by atoms with Crippen molar-refractivity contribution in [1.82, 2.24) is 20.4 Å². The highest BCUT2D eigenvalue weighted by Gasteiger charge is 2.24. The molecule has 30 heavy (non-hydrogen) atoms. The summed E-state index contributed by atoms with van der Waals surface area (Å²) in [7, 11) is 0. The van der Waals surface area contributed by atoms with Crippen LogP contribution in [0.3, 0.4) is 0 Å². The number of benzene rings is 1. The van der Waals surface area contributed by atoms with E-state index in [0.29, 0.717) is 12.1 Å². The molecule has 2 fully saturated rings. The van der Waals surface area contributed by atoms with Gasteiger partial charge in [-0.05, 0) is 46.1 Å². The Morgan fingerprint density at radius 3 is 2.33 bits per heavy atom. The summed E-state index contributed by atoms with van der Waals surface area (Å²) in [5.41, 5.74) is 2.64. The lowest BCUT2D eigenvalue weighted by atomic mass is 10.0. The number of likely N-dealkylation sites (tertiary alicyclic amines) is 1. The number of nitrogens with zero attached hydrogens (tertiary/aromatic N) is 3. The van der Waals surface area contributed by atoms with Gasteiger partial charge >= 0.3 is 0 Å². The molecule has 6 heteroatoms. The maximum Gasteiger partial charge on any atom is 0.191 e. The predicted octanol–water partition coefficient (Wildman–Crippen LogP) is 2.80. The monoisotopic (exact) mass is 415 g/mol. The van der Waals surface area contributed by atoms with E-state index >= 15 is 0 Å². The second kappa shape index (κ2) is 11.7. The SMILES string of the molecule is CCNC(=NCC(c1ccc(C)cc1)N1CCOCC1)NC1CCN(C(C)C)CC1. The predicted molar refractivity (Wildman–Crippen MR) is 125 cm³/mol. The van der Waals surface area contributed by atoms with Crippen LogP contribution in [0.1, 0.15) is 50.8 Å². The number of piperidine rings is 1. The third-order valence-electron chi connectivity index (χ3n) is 6.32. The molecule has 1 unspecified atom stereocenters. The molecule has 1 atom stereocenters. The molecule has 2 aliphatic rings. The molecule has 0 amide bonds. The molecular formula is C24H41N5O. The van der Waals surface area contributed by atoms with Crippen molar-refractivity contribution in [3.63, 3.8) is 0 Å². The molecular weight excluding hydrogens is 374 g/mol. The smallest absolute Gasteiger partial charge is 0.191 e. The van der Waals surface area contributed by atoms with Crippen LogP contribution in [0.15, 0.2) is 29.3 Å². The van der Waals surface area contributed by atoms with Crippen LogP contribution in [0.5, 0.6) is 0 Å². The fraction of sp³-hybridized carbons (Fsp3) is 0.708. The third-order valence-corrected chi connectivity index (χ3v) is 6.32. The Kier molecular flexibility index (Phi) is 8.97. The molecule has 0 aliphatic carbocycles. The summed E-state index contributed by atoms with van der Waals surface area (Å²) in [4.78, 5) is 10.1. The van der Waals surface area contributed by atoms with Crippen molar-refractivity contribution in [2.45, 2.75) is 58.7 Å². The average Bonchev–Trinajstić information content (AvgIpc) is 2.76. The Bertz CT molecular complexity index is 646. The lowest BCUT2D eigenvalue weighted by Gasteiger charge is -2.36. The van der Waals surface area contributed by atoms with Crippen molar-refractivity contribution in [2.75, 3.05) is 52.5 Å². The maximum atomic E-state index is 5.59. The zero-order chi connectivity index (χ0) is 21.3. The van der Waals surface area contributed by atoms with Gasteiger partial charge < -0.3 is 20.3 Å². The van der Waals surface area contributed by atoms with E-state index in [4.69, 9.17) is 9.73 Å². The van der Waals surface area contributed by atoms with Gasteiger partial charge in [-0.15, -0.1) is 0 Å². The normalized spacial score (nSPS) is 21.0. The second-order valence-electron chi connectivity index (χ2n) is 8.84. The van der Waals surface area contributed by atoms with Crippen molar-refractivity contribution >= 4 is 5.96 Å². The zero-order valence-corrected chi connectivity index (χ0v) is 19.4. The van der Waals surface area contributed by atoms with Crippen LogP contribution in [0.25, 0.3) is 0 Å². The van der Waals surface area contributed by atoms with E-state index in [1.54, 1.807) is 0 Å². The van der Waals surface area contributed by atoms with E-state index in [1.807, 2.05) is 0 Å². The minimum Gasteiger partial charge on any atom is -0.379 e. The van der Waals surface area contributed by atoms with Crippen LogP contribution in [-0.4, -0.2) is 80.3 Å². The number of morpholine rings is 1. The highest BCUT2D eigenvalue weighted by atomic mass is 16.5. The van der Waals surface area contributed by atoms with Crippen LogP contribution in [0.2, 0.25) is 0 Å². The minimum atomic E-state index is 0.285. The first-order chi connectivity index (χ1) is 14.6. The van der Waals surface area contributed by atoms with Gasteiger partial charge in [-0.3, -0.25) is 9.89 Å². The molecule has 3 rings (SSSR count). The fourth-order valence-electron chi connectivity index (χ4n) is 4.36. The number of rotatable bonds is 7. The topological polar surface area (TPSA) is 52.1 Å². The zero-order valence-electron chi connectivity index (χ0n) is 19.4. The van der Waals surface area contributed by atoms with Crippen LogP contribution < -0.4 is 10.6 Å². The van der Waals surface area contributed by atoms with Gasteiger partial charge in [-0.1, -0.05) is 29.8 Å². The third kappa shape index (κ3) is 6.69. The summed E-state index contributed by atoms with van der Waals surface area (Å²) in [6, 6.07) is 10.3. The number of aliphatic imine (C=N–C) groups is 1. The van der Waals surface area contributed by atoms with E-state index in [9.17, 15) is 0 Å². The van der Waals surface area contributed by atoms with E-state index in [2.05, 4.69) is 72.4 Å². The molecule has 168 valence electrons. The highest BCUT2D eigenvalue weighted by molar-refractivity contribution is 5.80. The van der Waals surface area contributed by atoms with E-state index < -0.39 is 0 Å². The maximum absolute atomic E-state index is 5.59. The fourth-order valence-corrected chi connectivity index (χ4v) is 4.36. The minimum absolute atomic E-state index is 0.285. The molecule has 0 bridgehead atoms. The van der Waals surface area contributed by atoms with Gasteiger partial charge in [0.1, 0.15) is 0 Å². The number of hydrogen-bond donors (Lipinski definition) is 2. The number of guanidine groups is 1. The first-order valence-corrected chi connectivity index (χ1v) is 11.7. The Morgan fingerprint density at radius 2 is 1.73 bits per heavy atom. The molecule has 2 heterocycles. The molecule has 1 aromatic rings. The Balaban J connectivity index is 1.66. The molecule has 6 nitrogen and oxygen atoms in total. The summed E-state index contributed by atoms with van der Waals surface area (Å²) in [6.45, 7) is 16.3. The van der Waals surface area contributed by atoms with Gasteiger partial charge in [-0.2, -0.15) is 0 Å². The van der Waals surface area contributed by atoms with Crippen LogP contribution in [0.4, 0.5) is 0 Å². The van der Waals surface area contributed by atoms with Crippen LogP contribution >= 0.6 is 0 Å². The van der Waals surface area contributed by atoms with Crippen molar-refractivity contribution in [1.29, 1.82) is 0 Å². The number of ether oxygens (including phenoxy) is 1. The summed E-state index contributed by atoms with van der Waals surface area (Å²) in [5.74, 6) is 0.950. The van der Waals surface area contributed by atoms with Gasteiger partial charge in [0.2, 0.25) is 0 Å². The quantitative estimate of drug-likeness (QED) is 0.530. The van der Waals surface area contributed by atoms with Crippen molar-refractivity contribution < 1.29 is 4.74 Å². The van der Waals surface area contributed by atoms with Gasteiger partial charge in [0, 0.05) is 44.8 Å². The molecule has 2 saturated heterocycles. The summed E-state index contributed by atoms with van der Waals surface area (Å²) >= 11 is 0. The Hall–Kier alpha value is -1.63. The van der Waals surface area contributed by atoms with Crippen molar-refractivity contribution in [3.8, 4) is 0 Å². The highest BCUT2D eigenvalue weighted by Crippen LogP contribution is 2.23. The van der Waals surface area contributed by atoms with Gasteiger partial charge in [0.15, 0.2) is 5.96 Å². The molecule has 0 aromatic heterocycles. The standard InChI is InChI=1S/C24H41N5O/c1-5-25-24(27-22-10-12-28(13-11-22)19(2)3)26-18-23(29-14-16-30-17-15-29)21-8-6-20(4)7-9-21/h6-9,19,22-23H,5,10-18H2,1-4H3,(H2,25,26,27). The molecule has 0 spiro atoms. The van der Waals surface area contributed by atoms with Crippen LogP contribution in [0, 0.1) is 6.92 Å². The van der Waals surface area contributed by atoms with E-state index in [-0.39, 0.29) is 6.04 Å². The summed E-state index contributed by atoms with van der Waals surface area (Å²) in [6.07, 6.45) is 2.35. The Labute approximate surface area is 183 Å². The number of hydrogen-bond acceptors (Lipinski definition) is 4. The number of aryl methyl sites for hydroxylation is 1. The van der Waals surface area contributed by atoms with Crippen LogP contribution in [-0.2, 0) is 4.74 Å². The summed E-state index contributed by atoms with van der Waals surface area (Å²) < 4.78 is 5.59. The molecule has 0 radical (unpaired) electrons. The lowest BCUT2D eigenvalue weighted by Crippen LogP contribution is -2.50. The summed E-state index contributed by atoms with van der Waals surface area (Å²) in [5, 5.41) is 7.17. The average molecular weight is 416 g/mol. The van der Waals surface area contributed by atoms with Gasteiger partial charge in [0.25, 0.3) is 0 Å². The van der Waals surface area contributed by atoms with Crippen molar-refractivity contribution in [3.05, 3.63) is 35.4 Å². The first kappa shape index (κ1) is 23.0. The molecule has 2 N–H and O–H groups in total. The van der Waals surface area contributed by atoms with E-state index in [1.165, 1.54) is 24.0 Å². The van der Waals surface area contributed by atoms with E-state index in [0.717, 1.165) is 58.4 Å². The Morgan fingerprint density at radius 1 is 1.07 bits per heavy atom. The largest absolute Gasteiger partial charge is 0.379 e. The molecule has 1 aromatic carbocycles. The lowest BCUT2D eigenvalue weighted by molar-refractivity contribution is 0.0179. The van der Waals surface area contributed by atoms with Crippen molar-refractivity contribution in [2.24, 2.45) is 4.99 Å². The van der Waals surface area contributed by atoms with Gasteiger partial charge in [-0.25, -0.2) is 0 Å². The first-order valence-electron chi connectivity index (χ1n) is 11.7.